The maximum atomic E-state index is 8.97. The van der Waals surface area contributed by atoms with Crippen molar-refractivity contribution in [3.63, 3.8) is 0 Å². The Bertz CT molecular complexity index is 445. The highest BCUT2D eigenvalue weighted by Gasteiger charge is 2.09. The maximum Gasteiger partial charge on any atom is 0.152 e. The smallest absolute Gasteiger partial charge is 0.152 e. The monoisotopic (exact) mass is 191 g/mol. The van der Waals surface area contributed by atoms with Gasteiger partial charge in [0, 0.05) is 10.9 Å². The van der Waals surface area contributed by atoms with Crippen LogP contribution in [0.1, 0.15) is 31.0 Å². The molecule has 14 heavy (non-hydrogen) atoms. The first kappa shape index (κ1) is 9.21. The number of pyridine rings is 1. The summed E-state index contributed by atoms with van der Waals surface area (Å²) in [6, 6.07) is 1.88. The third-order valence-corrected chi connectivity index (χ3v) is 2.33. The van der Waals surface area contributed by atoms with Crippen molar-refractivity contribution < 1.29 is 9.52 Å². The van der Waals surface area contributed by atoms with Crippen LogP contribution in [0, 0.1) is 0 Å². The summed E-state index contributed by atoms with van der Waals surface area (Å²) in [6.45, 7) is 4.20. The van der Waals surface area contributed by atoms with Gasteiger partial charge in [-0.25, -0.2) is 0 Å². The van der Waals surface area contributed by atoms with Crippen molar-refractivity contribution in [1.82, 2.24) is 4.98 Å². The first-order chi connectivity index (χ1) is 6.72. The zero-order valence-electron chi connectivity index (χ0n) is 8.32. The number of rotatable bonds is 2. The van der Waals surface area contributed by atoms with Crippen molar-refractivity contribution in [3.8, 4) is 0 Å². The van der Waals surface area contributed by atoms with E-state index in [0.29, 0.717) is 11.6 Å². The van der Waals surface area contributed by atoms with E-state index in [1.54, 1.807) is 12.5 Å². The van der Waals surface area contributed by atoms with E-state index in [1.165, 1.54) is 0 Å². The Morgan fingerprint density at radius 2 is 2.29 bits per heavy atom. The van der Waals surface area contributed by atoms with Gasteiger partial charge in [0.25, 0.3) is 0 Å². The molecule has 0 atom stereocenters. The van der Waals surface area contributed by atoms with Gasteiger partial charge in [-0.05, 0) is 12.0 Å². The highest BCUT2D eigenvalue weighted by Crippen LogP contribution is 2.27. The normalized spacial score (nSPS) is 11.4. The summed E-state index contributed by atoms with van der Waals surface area (Å²) in [6.07, 6.45) is 3.42. The minimum atomic E-state index is -0.0291. The van der Waals surface area contributed by atoms with Gasteiger partial charge in [-0.15, -0.1) is 0 Å². The van der Waals surface area contributed by atoms with Gasteiger partial charge in [-0.1, -0.05) is 13.8 Å². The van der Waals surface area contributed by atoms with Crippen LogP contribution in [0.25, 0.3) is 11.0 Å². The fraction of sp³-hybridized carbons (Fsp3) is 0.364. The Hall–Kier alpha value is -1.35. The first-order valence-corrected chi connectivity index (χ1v) is 4.69. The summed E-state index contributed by atoms with van der Waals surface area (Å²) in [7, 11) is 0. The SMILES string of the molecule is CC(C)c1coc2cnc(CO)cc12. The second kappa shape index (κ2) is 3.42. The zero-order chi connectivity index (χ0) is 10.1. The molecule has 0 fully saturated rings. The van der Waals surface area contributed by atoms with Gasteiger partial charge in [0.05, 0.1) is 24.8 Å². The Morgan fingerprint density at radius 1 is 1.50 bits per heavy atom. The average Bonchev–Trinajstić information content (AvgIpc) is 2.59. The number of aromatic nitrogens is 1. The van der Waals surface area contributed by atoms with E-state index in [1.807, 2.05) is 6.07 Å². The standard InChI is InChI=1S/C11H13NO2/c1-7(2)10-6-14-11-4-12-8(5-13)3-9(10)11/h3-4,6-7,13H,5H2,1-2H3. The van der Waals surface area contributed by atoms with Gasteiger partial charge >= 0.3 is 0 Å². The molecule has 0 aliphatic carbocycles. The second-order valence-electron chi connectivity index (χ2n) is 3.68. The Kier molecular flexibility index (Phi) is 2.25. The van der Waals surface area contributed by atoms with Crippen molar-refractivity contribution >= 4 is 11.0 Å². The van der Waals surface area contributed by atoms with Crippen LogP contribution >= 0.6 is 0 Å². The summed E-state index contributed by atoms with van der Waals surface area (Å²) in [5.74, 6) is 0.421. The molecular formula is C11H13NO2. The molecule has 3 nitrogen and oxygen atoms in total. The van der Waals surface area contributed by atoms with E-state index < -0.39 is 0 Å². The number of nitrogens with zero attached hydrogens (tertiary/aromatic N) is 1. The third kappa shape index (κ3) is 1.40. The molecule has 0 aliphatic heterocycles. The number of hydrogen-bond acceptors (Lipinski definition) is 3. The second-order valence-corrected chi connectivity index (χ2v) is 3.68. The van der Waals surface area contributed by atoms with Crippen LogP contribution in [0.5, 0.6) is 0 Å². The van der Waals surface area contributed by atoms with Crippen LogP contribution in [0.15, 0.2) is 22.9 Å². The molecule has 74 valence electrons. The lowest BCUT2D eigenvalue weighted by Crippen LogP contribution is -1.89. The number of aliphatic hydroxyl groups is 1. The molecule has 2 aromatic heterocycles. The van der Waals surface area contributed by atoms with E-state index >= 15 is 0 Å². The minimum Gasteiger partial charge on any atom is -0.462 e. The minimum absolute atomic E-state index is 0.0291. The van der Waals surface area contributed by atoms with Crippen molar-refractivity contribution in [2.75, 3.05) is 0 Å². The average molecular weight is 191 g/mol. The molecule has 2 aromatic rings. The van der Waals surface area contributed by atoms with E-state index in [-0.39, 0.29) is 6.61 Å². The lowest BCUT2D eigenvalue weighted by atomic mass is 10.0. The van der Waals surface area contributed by atoms with E-state index in [2.05, 4.69) is 18.8 Å². The van der Waals surface area contributed by atoms with Crippen molar-refractivity contribution in [2.45, 2.75) is 26.4 Å². The largest absolute Gasteiger partial charge is 0.462 e. The summed E-state index contributed by atoms with van der Waals surface area (Å²) in [4.78, 5) is 4.05. The van der Waals surface area contributed by atoms with Gasteiger partial charge in [-0.2, -0.15) is 0 Å². The molecule has 0 aromatic carbocycles. The topological polar surface area (TPSA) is 46.3 Å². The van der Waals surface area contributed by atoms with Gasteiger partial charge in [0.1, 0.15) is 0 Å². The summed E-state index contributed by atoms with van der Waals surface area (Å²) >= 11 is 0. The first-order valence-electron chi connectivity index (χ1n) is 4.69. The molecule has 1 N–H and O–H groups in total. The number of hydrogen-bond donors (Lipinski definition) is 1. The van der Waals surface area contributed by atoms with Crippen molar-refractivity contribution in [3.05, 3.63) is 29.8 Å². The molecule has 0 radical (unpaired) electrons. The summed E-state index contributed by atoms with van der Waals surface area (Å²) in [5, 5.41) is 10.0. The van der Waals surface area contributed by atoms with Crippen LogP contribution < -0.4 is 0 Å². The lowest BCUT2D eigenvalue weighted by Gasteiger charge is -2.01. The molecule has 2 heterocycles. The highest BCUT2D eigenvalue weighted by molar-refractivity contribution is 5.81. The summed E-state index contributed by atoms with van der Waals surface area (Å²) in [5.41, 5.74) is 2.63. The predicted octanol–water partition coefficient (Wildman–Crippen LogP) is 2.44. The Labute approximate surface area is 82.4 Å². The fourth-order valence-corrected chi connectivity index (χ4v) is 1.53. The van der Waals surface area contributed by atoms with Crippen LogP contribution in [0.2, 0.25) is 0 Å². The van der Waals surface area contributed by atoms with E-state index in [4.69, 9.17) is 9.52 Å². The van der Waals surface area contributed by atoms with Crippen LogP contribution in [-0.2, 0) is 6.61 Å². The van der Waals surface area contributed by atoms with Crippen LogP contribution in [0.3, 0.4) is 0 Å². The van der Waals surface area contributed by atoms with E-state index in [0.717, 1.165) is 16.5 Å². The van der Waals surface area contributed by atoms with Gasteiger partial charge in [-0.3, -0.25) is 4.98 Å². The number of furan rings is 1. The van der Waals surface area contributed by atoms with Gasteiger partial charge in [0.15, 0.2) is 5.58 Å². The maximum absolute atomic E-state index is 8.97. The number of aliphatic hydroxyl groups excluding tert-OH is 1. The third-order valence-electron chi connectivity index (χ3n) is 2.33. The van der Waals surface area contributed by atoms with Gasteiger partial charge in [0.2, 0.25) is 0 Å². The molecule has 0 spiro atoms. The molecule has 0 saturated heterocycles. The molecule has 2 rings (SSSR count). The molecule has 0 unspecified atom stereocenters. The molecule has 0 saturated carbocycles. The highest BCUT2D eigenvalue weighted by atomic mass is 16.3. The van der Waals surface area contributed by atoms with E-state index in [9.17, 15) is 0 Å². The lowest BCUT2D eigenvalue weighted by molar-refractivity contribution is 0.277. The van der Waals surface area contributed by atoms with Crippen LogP contribution in [0.4, 0.5) is 0 Å². The molecule has 0 amide bonds. The predicted molar refractivity (Wildman–Crippen MR) is 54.0 cm³/mol. The van der Waals surface area contributed by atoms with Crippen molar-refractivity contribution in [2.24, 2.45) is 0 Å². The van der Waals surface area contributed by atoms with Crippen molar-refractivity contribution in [1.29, 1.82) is 0 Å². The molecule has 0 bridgehead atoms. The summed E-state index contributed by atoms with van der Waals surface area (Å²) < 4.78 is 5.37. The molecular weight excluding hydrogens is 178 g/mol. The Balaban J connectivity index is 2.63. The number of fused-ring (bicyclic) bond motifs is 1. The van der Waals surface area contributed by atoms with Gasteiger partial charge < -0.3 is 9.52 Å². The zero-order valence-corrected chi connectivity index (χ0v) is 8.32. The fourth-order valence-electron chi connectivity index (χ4n) is 1.53. The molecule has 0 aliphatic rings. The molecule has 3 heteroatoms. The quantitative estimate of drug-likeness (QED) is 0.793. The Morgan fingerprint density at radius 3 is 2.93 bits per heavy atom. The van der Waals surface area contributed by atoms with Crippen LogP contribution in [-0.4, -0.2) is 10.1 Å².